The van der Waals surface area contributed by atoms with Gasteiger partial charge in [0.1, 0.15) is 5.82 Å². The number of pyridine rings is 1. The first-order valence-electron chi connectivity index (χ1n) is 5.96. The van der Waals surface area contributed by atoms with Gasteiger partial charge in [-0.2, -0.15) is 8.42 Å². The van der Waals surface area contributed by atoms with Crippen LogP contribution < -0.4 is 8.61 Å². The fourth-order valence-electron chi connectivity index (χ4n) is 2.16. The molecule has 2 heterocycles. The molecule has 0 saturated carbocycles. The van der Waals surface area contributed by atoms with E-state index in [-0.39, 0.29) is 6.54 Å². The summed E-state index contributed by atoms with van der Waals surface area (Å²) in [6, 6.07) is 9.19. The molecule has 7 heteroatoms. The van der Waals surface area contributed by atoms with Gasteiger partial charge in [-0.3, -0.25) is 9.29 Å². The fourth-order valence-corrected chi connectivity index (χ4v) is 3.55. The molecule has 2 aromatic rings. The van der Waals surface area contributed by atoms with Gasteiger partial charge in [0.2, 0.25) is 0 Å². The molecule has 0 fully saturated rings. The number of nitrogens with zero attached hydrogens (tertiary/aromatic N) is 3. The van der Waals surface area contributed by atoms with Crippen molar-refractivity contribution in [2.24, 2.45) is 0 Å². The summed E-state index contributed by atoms with van der Waals surface area (Å²) >= 11 is 0. The number of anilines is 2. The number of rotatable bonds is 2. The molecular formula is C13H12FN3O2S. The van der Waals surface area contributed by atoms with E-state index >= 15 is 0 Å². The Morgan fingerprint density at radius 3 is 2.70 bits per heavy atom. The van der Waals surface area contributed by atoms with Gasteiger partial charge in [0.05, 0.1) is 23.6 Å². The van der Waals surface area contributed by atoms with E-state index < -0.39 is 16.0 Å². The number of benzene rings is 1. The van der Waals surface area contributed by atoms with Crippen LogP contribution in [0.4, 0.5) is 15.8 Å². The molecule has 5 nitrogen and oxygen atoms in total. The van der Waals surface area contributed by atoms with Crippen LogP contribution in [0.15, 0.2) is 42.6 Å². The smallest absolute Gasteiger partial charge is 0.259 e. The molecular weight excluding hydrogens is 281 g/mol. The highest BCUT2D eigenvalue weighted by atomic mass is 32.2. The molecule has 1 aliphatic heterocycles. The largest absolute Gasteiger partial charge is 0.326 e. The molecule has 0 spiro atoms. The summed E-state index contributed by atoms with van der Waals surface area (Å²) < 4.78 is 40.4. The monoisotopic (exact) mass is 293 g/mol. The van der Waals surface area contributed by atoms with Crippen LogP contribution in [0.1, 0.15) is 5.69 Å². The lowest BCUT2D eigenvalue weighted by molar-refractivity contribution is 0.591. The van der Waals surface area contributed by atoms with Crippen molar-refractivity contribution < 1.29 is 12.8 Å². The molecule has 0 unspecified atom stereocenters. The molecule has 104 valence electrons. The van der Waals surface area contributed by atoms with Gasteiger partial charge in [-0.05, 0) is 24.3 Å². The second kappa shape index (κ2) is 4.45. The van der Waals surface area contributed by atoms with E-state index in [2.05, 4.69) is 4.98 Å². The van der Waals surface area contributed by atoms with Crippen LogP contribution in [0.5, 0.6) is 0 Å². The van der Waals surface area contributed by atoms with Crippen molar-refractivity contribution in [1.82, 2.24) is 4.98 Å². The van der Waals surface area contributed by atoms with Gasteiger partial charge >= 0.3 is 10.2 Å². The molecule has 1 aromatic heterocycles. The Morgan fingerprint density at radius 1 is 1.20 bits per heavy atom. The second-order valence-electron chi connectivity index (χ2n) is 4.44. The van der Waals surface area contributed by atoms with Crippen LogP contribution in [-0.2, 0) is 16.8 Å². The lowest BCUT2D eigenvalue weighted by Crippen LogP contribution is -2.35. The maximum atomic E-state index is 13.4. The first-order chi connectivity index (χ1) is 9.50. The Labute approximate surface area is 116 Å². The third-order valence-electron chi connectivity index (χ3n) is 3.20. The first kappa shape index (κ1) is 12.9. The Hall–Kier alpha value is -2.15. The van der Waals surface area contributed by atoms with E-state index in [9.17, 15) is 12.8 Å². The van der Waals surface area contributed by atoms with Gasteiger partial charge in [0, 0.05) is 19.3 Å². The summed E-state index contributed by atoms with van der Waals surface area (Å²) in [6.45, 7) is 0.0734. The highest BCUT2D eigenvalue weighted by Crippen LogP contribution is 2.40. The second-order valence-corrected chi connectivity index (χ2v) is 6.32. The molecule has 3 rings (SSSR count). The minimum absolute atomic E-state index is 0.0734. The first-order valence-corrected chi connectivity index (χ1v) is 7.36. The molecule has 0 amide bonds. The van der Waals surface area contributed by atoms with E-state index in [1.807, 2.05) is 0 Å². The number of fused-ring (bicyclic) bond motifs is 1. The quantitative estimate of drug-likeness (QED) is 0.850. The Morgan fingerprint density at radius 2 is 2.00 bits per heavy atom. The zero-order chi connectivity index (χ0) is 14.3. The van der Waals surface area contributed by atoms with Crippen molar-refractivity contribution in [2.75, 3.05) is 15.7 Å². The zero-order valence-electron chi connectivity index (χ0n) is 10.7. The predicted molar refractivity (Wildman–Crippen MR) is 74.1 cm³/mol. The van der Waals surface area contributed by atoms with Crippen LogP contribution in [0.25, 0.3) is 0 Å². The molecule has 0 saturated heterocycles. The summed E-state index contributed by atoms with van der Waals surface area (Å²) in [5.74, 6) is -0.472. The number of hydrogen-bond acceptors (Lipinski definition) is 3. The maximum Gasteiger partial charge on any atom is 0.326 e. The fraction of sp³-hybridized carbons (Fsp3) is 0.154. The van der Waals surface area contributed by atoms with Crippen molar-refractivity contribution in [2.45, 2.75) is 6.54 Å². The Balaban J connectivity index is 2.08. The van der Waals surface area contributed by atoms with Crippen molar-refractivity contribution in [3.8, 4) is 0 Å². The summed E-state index contributed by atoms with van der Waals surface area (Å²) in [5.41, 5.74) is 1.39. The summed E-state index contributed by atoms with van der Waals surface area (Å²) in [6.07, 6.45) is 1.59. The zero-order valence-corrected chi connectivity index (χ0v) is 11.5. The van der Waals surface area contributed by atoms with E-state index in [0.29, 0.717) is 17.1 Å². The summed E-state index contributed by atoms with van der Waals surface area (Å²) in [7, 11) is -2.23. The third-order valence-corrected chi connectivity index (χ3v) is 4.97. The molecule has 0 radical (unpaired) electrons. The molecule has 1 aliphatic rings. The minimum atomic E-state index is -3.68. The maximum absolute atomic E-state index is 13.4. The van der Waals surface area contributed by atoms with Crippen LogP contribution in [0.3, 0.4) is 0 Å². The molecule has 0 bridgehead atoms. The van der Waals surface area contributed by atoms with Gasteiger partial charge in [-0.1, -0.05) is 6.07 Å². The molecule has 0 N–H and O–H groups in total. The van der Waals surface area contributed by atoms with E-state index in [1.54, 1.807) is 24.4 Å². The van der Waals surface area contributed by atoms with Gasteiger partial charge in [0.15, 0.2) is 0 Å². The van der Waals surface area contributed by atoms with Crippen molar-refractivity contribution in [1.29, 1.82) is 0 Å². The average molecular weight is 293 g/mol. The third kappa shape index (κ3) is 1.90. The normalized spacial score (nSPS) is 16.3. The Bertz CT molecular complexity index is 749. The molecule has 0 atom stereocenters. The summed E-state index contributed by atoms with van der Waals surface area (Å²) in [5, 5.41) is 0. The topological polar surface area (TPSA) is 53.5 Å². The lowest BCUT2D eigenvalue weighted by Gasteiger charge is -2.18. The molecule has 0 aliphatic carbocycles. The molecule has 20 heavy (non-hydrogen) atoms. The van der Waals surface area contributed by atoms with Crippen molar-refractivity contribution >= 4 is 21.6 Å². The van der Waals surface area contributed by atoms with Gasteiger partial charge < -0.3 is 0 Å². The predicted octanol–water partition coefficient (Wildman–Crippen LogP) is 1.92. The van der Waals surface area contributed by atoms with Crippen LogP contribution in [0, 0.1) is 5.82 Å². The highest BCUT2D eigenvalue weighted by Gasteiger charge is 2.38. The van der Waals surface area contributed by atoms with Crippen LogP contribution in [-0.4, -0.2) is 20.4 Å². The number of aromatic nitrogens is 1. The average Bonchev–Trinajstić information content (AvgIpc) is 2.61. The number of hydrogen-bond donors (Lipinski definition) is 0. The van der Waals surface area contributed by atoms with Crippen molar-refractivity contribution in [3.05, 3.63) is 54.1 Å². The van der Waals surface area contributed by atoms with Gasteiger partial charge in [-0.25, -0.2) is 8.70 Å². The highest BCUT2D eigenvalue weighted by molar-refractivity contribution is 7.94. The SMILES string of the molecule is CN1c2ccc(F)cc2N(Cc2ccccn2)S1(=O)=O. The van der Waals surface area contributed by atoms with Crippen LogP contribution in [0.2, 0.25) is 0 Å². The van der Waals surface area contributed by atoms with Gasteiger partial charge in [-0.15, -0.1) is 0 Å². The van der Waals surface area contributed by atoms with Crippen molar-refractivity contribution in [3.63, 3.8) is 0 Å². The molecule has 1 aromatic carbocycles. The lowest BCUT2D eigenvalue weighted by atomic mass is 10.2. The standard InChI is InChI=1S/C13H12FN3O2S/c1-16-12-6-5-10(14)8-13(12)17(20(16,18)19)9-11-4-2-3-7-15-11/h2-8H,9H2,1H3. The van der Waals surface area contributed by atoms with E-state index in [0.717, 1.165) is 8.61 Å². The van der Waals surface area contributed by atoms with E-state index in [1.165, 1.54) is 25.2 Å². The van der Waals surface area contributed by atoms with E-state index in [4.69, 9.17) is 0 Å². The minimum Gasteiger partial charge on any atom is -0.259 e. The van der Waals surface area contributed by atoms with Gasteiger partial charge in [0.25, 0.3) is 0 Å². The summed E-state index contributed by atoms with van der Waals surface area (Å²) in [4.78, 5) is 4.11. The number of halogens is 1. The van der Waals surface area contributed by atoms with Crippen LogP contribution >= 0.6 is 0 Å². The Kier molecular flexibility index (Phi) is 2.86.